The Morgan fingerprint density at radius 2 is 2.25 bits per heavy atom. The van der Waals surface area contributed by atoms with E-state index in [0.29, 0.717) is 0 Å². The summed E-state index contributed by atoms with van der Waals surface area (Å²) in [6.07, 6.45) is 5.12. The zero-order valence-corrected chi connectivity index (χ0v) is 15.8. The summed E-state index contributed by atoms with van der Waals surface area (Å²) in [5.41, 5.74) is 4.16. The quantitative estimate of drug-likeness (QED) is 0.635. The van der Waals surface area contributed by atoms with Crippen LogP contribution in [0.15, 0.2) is 23.2 Å². The summed E-state index contributed by atoms with van der Waals surface area (Å²) in [5.74, 6) is 2.25. The molecule has 1 unspecified atom stereocenters. The predicted molar refractivity (Wildman–Crippen MR) is 106 cm³/mol. The third-order valence-corrected chi connectivity index (χ3v) is 6.18. The van der Waals surface area contributed by atoms with Crippen LogP contribution in [-0.2, 0) is 13.0 Å². The molecule has 1 fully saturated rings. The van der Waals surface area contributed by atoms with Gasteiger partial charge in [0.2, 0.25) is 0 Å². The summed E-state index contributed by atoms with van der Waals surface area (Å²) in [4.78, 5) is 7.14. The molecule has 5 heteroatoms. The van der Waals surface area contributed by atoms with Crippen LogP contribution >= 0.6 is 11.8 Å². The minimum Gasteiger partial charge on any atom is -0.374 e. The van der Waals surface area contributed by atoms with E-state index >= 15 is 0 Å². The highest BCUT2D eigenvalue weighted by atomic mass is 32.2. The highest BCUT2D eigenvalue weighted by molar-refractivity contribution is 8.00. The fourth-order valence-corrected chi connectivity index (χ4v) is 4.67. The molecule has 0 bridgehead atoms. The summed E-state index contributed by atoms with van der Waals surface area (Å²) in [6, 6.07) is 6.82. The number of rotatable bonds is 5. The molecule has 1 atom stereocenters. The van der Waals surface area contributed by atoms with Crippen molar-refractivity contribution >= 4 is 23.4 Å². The topological polar surface area (TPSA) is 39.7 Å². The lowest BCUT2D eigenvalue weighted by Crippen LogP contribution is -2.40. The molecule has 1 aromatic carbocycles. The predicted octanol–water partition coefficient (Wildman–Crippen LogP) is 3.02. The smallest absolute Gasteiger partial charge is 0.191 e. The lowest BCUT2D eigenvalue weighted by molar-refractivity contribution is 0.726. The van der Waals surface area contributed by atoms with Crippen LogP contribution in [-0.4, -0.2) is 43.6 Å². The van der Waals surface area contributed by atoms with E-state index in [-0.39, 0.29) is 0 Å². The maximum atomic E-state index is 4.78. The monoisotopic (exact) mass is 346 g/mol. The van der Waals surface area contributed by atoms with Crippen molar-refractivity contribution in [3.63, 3.8) is 0 Å². The molecule has 4 nitrogen and oxygen atoms in total. The number of nitrogens with one attached hydrogen (secondary N) is 2. The van der Waals surface area contributed by atoms with E-state index in [0.717, 1.165) is 37.4 Å². The number of guanidine groups is 1. The Balaban J connectivity index is 1.60. The number of hydrogen-bond acceptors (Lipinski definition) is 3. The van der Waals surface area contributed by atoms with Crippen molar-refractivity contribution in [2.45, 2.75) is 44.4 Å². The minimum atomic E-state index is 0.740. The van der Waals surface area contributed by atoms with Crippen molar-refractivity contribution < 1.29 is 0 Å². The van der Waals surface area contributed by atoms with Crippen LogP contribution in [0.5, 0.6) is 0 Å². The lowest BCUT2D eigenvalue weighted by Gasteiger charge is -2.27. The van der Waals surface area contributed by atoms with Gasteiger partial charge in [-0.15, -0.1) is 0 Å². The SMILES string of the molecule is CCNC(=NCc1ccc2c(c1)CCCN2C)NCC1CCCS1. The van der Waals surface area contributed by atoms with Gasteiger partial charge >= 0.3 is 0 Å². The van der Waals surface area contributed by atoms with Crippen LogP contribution in [0.2, 0.25) is 0 Å². The average Bonchev–Trinajstić information content (AvgIpc) is 3.11. The van der Waals surface area contributed by atoms with Crippen molar-refractivity contribution in [3.8, 4) is 0 Å². The van der Waals surface area contributed by atoms with E-state index in [1.807, 2.05) is 0 Å². The van der Waals surface area contributed by atoms with Gasteiger partial charge in [0.1, 0.15) is 0 Å². The number of anilines is 1. The van der Waals surface area contributed by atoms with Crippen LogP contribution in [0.1, 0.15) is 37.3 Å². The standard InChI is InChI=1S/C19H30N4S/c1-3-20-19(22-14-17-7-5-11-24-17)21-13-15-8-9-18-16(12-15)6-4-10-23(18)2/h8-9,12,17H,3-7,10-11,13-14H2,1-2H3,(H2,20,21,22). The second-order valence-corrected chi connectivity index (χ2v) is 8.11. The fraction of sp³-hybridized carbons (Fsp3) is 0.632. The first-order chi connectivity index (χ1) is 11.8. The van der Waals surface area contributed by atoms with Gasteiger partial charge in [0.15, 0.2) is 5.96 Å². The van der Waals surface area contributed by atoms with Crippen LogP contribution in [0.3, 0.4) is 0 Å². The van der Waals surface area contributed by atoms with Gasteiger partial charge in [0.25, 0.3) is 0 Å². The highest BCUT2D eigenvalue weighted by Crippen LogP contribution is 2.27. The zero-order chi connectivity index (χ0) is 16.8. The molecule has 132 valence electrons. The first-order valence-electron chi connectivity index (χ1n) is 9.23. The lowest BCUT2D eigenvalue weighted by atomic mass is 10.00. The van der Waals surface area contributed by atoms with Crippen LogP contribution in [0.4, 0.5) is 5.69 Å². The molecule has 0 aromatic heterocycles. The van der Waals surface area contributed by atoms with Crippen molar-refractivity contribution in [2.75, 3.05) is 37.3 Å². The van der Waals surface area contributed by atoms with E-state index in [9.17, 15) is 0 Å². The number of fused-ring (bicyclic) bond motifs is 1. The number of thioether (sulfide) groups is 1. The second kappa shape index (κ2) is 8.65. The molecule has 0 radical (unpaired) electrons. The van der Waals surface area contributed by atoms with Gasteiger partial charge in [0, 0.05) is 37.6 Å². The molecule has 0 aliphatic carbocycles. The third-order valence-electron chi connectivity index (χ3n) is 4.78. The van der Waals surface area contributed by atoms with Crippen LogP contribution in [0.25, 0.3) is 0 Å². The second-order valence-electron chi connectivity index (χ2n) is 6.70. The Labute approximate surface area is 150 Å². The maximum absolute atomic E-state index is 4.78. The summed E-state index contributed by atoms with van der Waals surface area (Å²) >= 11 is 2.08. The molecular formula is C19H30N4S. The largest absolute Gasteiger partial charge is 0.374 e. The third kappa shape index (κ3) is 4.59. The molecule has 1 saturated heterocycles. The molecule has 24 heavy (non-hydrogen) atoms. The fourth-order valence-electron chi connectivity index (χ4n) is 3.46. The first-order valence-corrected chi connectivity index (χ1v) is 10.3. The summed E-state index contributed by atoms with van der Waals surface area (Å²) in [6.45, 7) is 5.95. The van der Waals surface area contributed by atoms with Gasteiger partial charge in [-0.05, 0) is 55.6 Å². The Kier molecular flexibility index (Phi) is 6.30. The number of hydrogen-bond donors (Lipinski definition) is 2. The number of benzene rings is 1. The van der Waals surface area contributed by atoms with Crippen LogP contribution in [0, 0.1) is 0 Å². The molecule has 2 N–H and O–H groups in total. The normalized spacial score (nSPS) is 20.8. The van der Waals surface area contributed by atoms with Crippen molar-refractivity contribution in [1.29, 1.82) is 0 Å². The van der Waals surface area contributed by atoms with E-state index < -0.39 is 0 Å². The summed E-state index contributed by atoms with van der Waals surface area (Å²) in [5, 5.41) is 7.62. The molecule has 2 aliphatic heterocycles. The molecule has 0 spiro atoms. The van der Waals surface area contributed by atoms with E-state index in [1.54, 1.807) is 0 Å². The van der Waals surface area contributed by atoms with Crippen LogP contribution < -0.4 is 15.5 Å². The van der Waals surface area contributed by atoms with E-state index in [2.05, 4.69) is 59.5 Å². The van der Waals surface area contributed by atoms with Crippen molar-refractivity contribution in [1.82, 2.24) is 10.6 Å². The first kappa shape index (κ1) is 17.5. The number of aliphatic imine (C=N–C) groups is 1. The van der Waals surface area contributed by atoms with Gasteiger partial charge in [-0.1, -0.05) is 12.1 Å². The van der Waals surface area contributed by atoms with E-state index in [1.165, 1.54) is 48.3 Å². The average molecular weight is 347 g/mol. The molecular weight excluding hydrogens is 316 g/mol. The van der Waals surface area contributed by atoms with Gasteiger partial charge in [-0.25, -0.2) is 4.99 Å². The Bertz CT molecular complexity index is 566. The zero-order valence-electron chi connectivity index (χ0n) is 15.0. The maximum Gasteiger partial charge on any atom is 0.191 e. The van der Waals surface area contributed by atoms with Gasteiger partial charge in [0.05, 0.1) is 6.54 Å². The van der Waals surface area contributed by atoms with Gasteiger partial charge in [-0.3, -0.25) is 0 Å². The van der Waals surface area contributed by atoms with Crippen molar-refractivity contribution in [3.05, 3.63) is 29.3 Å². The molecule has 2 heterocycles. The van der Waals surface area contributed by atoms with E-state index in [4.69, 9.17) is 4.99 Å². The van der Waals surface area contributed by atoms with Gasteiger partial charge < -0.3 is 15.5 Å². The van der Waals surface area contributed by atoms with Gasteiger partial charge in [-0.2, -0.15) is 11.8 Å². The number of aryl methyl sites for hydroxylation is 1. The Morgan fingerprint density at radius 1 is 1.33 bits per heavy atom. The van der Waals surface area contributed by atoms with Crippen molar-refractivity contribution in [2.24, 2.45) is 4.99 Å². The Morgan fingerprint density at radius 3 is 3.04 bits per heavy atom. The highest BCUT2D eigenvalue weighted by Gasteiger charge is 2.16. The molecule has 3 rings (SSSR count). The number of nitrogens with zero attached hydrogens (tertiary/aromatic N) is 2. The summed E-state index contributed by atoms with van der Waals surface area (Å²) in [7, 11) is 2.18. The molecule has 1 aromatic rings. The Hall–Kier alpha value is -1.36. The molecule has 0 amide bonds. The summed E-state index contributed by atoms with van der Waals surface area (Å²) < 4.78 is 0. The molecule has 2 aliphatic rings. The minimum absolute atomic E-state index is 0.740. The molecule has 0 saturated carbocycles.